The van der Waals surface area contributed by atoms with Crippen LogP contribution in [-0.4, -0.2) is 40.8 Å². The number of nitrogens with zero attached hydrogens (tertiary/aromatic N) is 3. The van der Waals surface area contributed by atoms with Gasteiger partial charge in [-0.05, 0) is 13.3 Å². The molecule has 0 aliphatic rings. The summed E-state index contributed by atoms with van der Waals surface area (Å²) < 4.78 is 0. The molecule has 5 nitrogen and oxygen atoms in total. The Hall–Kier alpha value is -1.20. The van der Waals surface area contributed by atoms with E-state index in [1.807, 2.05) is 12.4 Å². The van der Waals surface area contributed by atoms with E-state index in [0.717, 1.165) is 37.6 Å². The number of anilines is 1. The molecule has 0 aliphatic carbocycles. The molecule has 1 rings (SSSR count). The van der Waals surface area contributed by atoms with Gasteiger partial charge in [-0.1, -0.05) is 13.8 Å². The van der Waals surface area contributed by atoms with Crippen molar-refractivity contribution in [3.63, 3.8) is 0 Å². The molecular formula is C13H24N4O. The largest absolute Gasteiger partial charge is 0.396 e. The molecule has 2 N–H and O–H groups in total. The molecule has 0 atom stereocenters. The quantitative estimate of drug-likeness (QED) is 0.727. The SMILES string of the molecule is CCN(CCCO)c1ncc(CNC(C)C)cn1. The van der Waals surface area contributed by atoms with Crippen LogP contribution in [0.1, 0.15) is 32.8 Å². The van der Waals surface area contributed by atoms with Gasteiger partial charge in [0, 0.05) is 50.2 Å². The standard InChI is InChI=1S/C13H24N4O/c1-4-17(6-5-7-18)13-15-9-12(10-16-13)8-14-11(2)3/h9-11,14,18H,4-8H2,1-3H3. The van der Waals surface area contributed by atoms with Gasteiger partial charge in [0.2, 0.25) is 5.95 Å². The lowest BCUT2D eigenvalue weighted by Gasteiger charge is -2.20. The molecule has 0 spiro atoms. The fourth-order valence-corrected chi connectivity index (χ4v) is 1.59. The van der Waals surface area contributed by atoms with Gasteiger partial charge in [-0.3, -0.25) is 0 Å². The van der Waals surface area contributed by atoms with Crippen molar-refractivity contribution in [3.8, 4) is 0 Å². The van der Waals surface area contributed by atoms with Crippen LogP contribution in [0.25, 0.3) is 0 Å². The number of aliphatic hydroxyl groups is 1. The van der Waals surface area contributed by atoms with Gasteiger partial charge < -0.3 is 15.3 Å². The number of nitrogens with one attached hydrogen (secondary N) is 1. The maximum absolute atomic E-state index is 8.85. The van der Waals surface area contributed by atoms with E-state index in [0.29, 0.717) is 6.04 Å². The van der Waals surface area contributed by atoms with E-state index in [1.54, 1.807) is 0 Å². The third kappa shape index (κ3) is 4.98. The van der Waals surface area contributed by atoms with Crippen molar-refractivity contribution < 1.29 is 5.11 Å². The summed E-state index contributed by atoms with van der Waals surface area (Å²) >= 11 is 0. The van der Waals surface area contributed by atoms with Crippen LogP contribution < -0.4 is 10.2 Å². The van der Waals surface area contributed by atoms with Crippen molar-refractivity contribution in [1.82, 2.24) is 15.3 Å². The first-order chi connectivity index (χ1) is 8.67. The molecular weight excluding hydrogens is 228 g/mol. The van der Waals surface area contributed by atoms with Gasteiger partial charge in [0.05, 0.1) is 0 Å². The van der Waals surface area contributed by atoms with E-state index in [1.165, 1.54) is 0 Å². The van der Waals surface area contributed by atoms with Crippen LogP contribution in [0, 0.1) is 0 Å². The Kier molecular flexibility index (Phi) is 6.60. The van der Waals surface area contributed by atoms with Gasteiger partial charge in [0.25, 0.3) is 0 Å². The first-order valence-corrected chi connectivity index (χ1v) is 6.57. The average Bonchev–Trinajstić information content (AvgIpc) is 2.38. The van der Waals surface area contributed by atoms with Gasteiger partial charge in [-0.25, -0.2) is 9.97 Å². The lowest BCUT2D eigenvalue weighted by atomic mass is 10.3. The Bertz CT molecular complexity index is 326. The highest BCUT2D eigenvalue weighted by atomic mass is 16.3. The molecule has 0 aromatic carbocycles. The maximum Gasteiger partial charge on any atom is 0.225 e. The number of hydrogen-bond donors (Lipinski definition) is 2. The molecule has 0 fully saturated rings. The number of aromatic nitrogens is 2. The van der Waals surface area contributed by atoms with Crippen molar-refractivity contribution in [1.29, 1.82) is 0 Å². The topological polar surface area (TPSA) is 61.3 Å². The van der Waals surface area contributed by atoms with Gasteiger partial charge in [0.1, 0.15) is 0 Å². The number of rotatable bonds is 8. The number of aliphatic hydroxyl groups excluding tert-OH is 1. The summed E-state index contributed by atoms with van der Waals surface area (Å²) in [6.07, 6.45) is 4.46. The second-order valence-corrected chi connectivity index (χ2v) is 4.58. The van der Waals surface area contributed by atoms with Crippen LogP contribution in [0.4, 0.5) is 5.95 Å². The molecule has 0 saturated heterocycles. The van der Waals surface area contributed by atoms with Crippen LogP contribution in [-0.2, 0) is 6.54 Å². The molecule has 102 valence electrons. The molecule has 18 heavy (non-hydrogen) atoms. The molecule has 0 unspecified atom stereocenters. The highest BCUT2D eigenvalue weighted by Gasteiger charge is 2.06. The lowest BCUT2D eigenvalue weighted by Crippen LogP contribution is -2.27. The highest BCUT2D eigenvalue weighted by molar-refractivity contribution is 5.29. The summed E-state index contributed by atoms with van der Waals surface area (Å²) in [4.78, 5) is 10.8. The monoisotopic (exact) mass is 252 g/mol. The van der Waals surface area contributed by atoms with E-state index in [2.05, 4.69) is 41.0 Å². The Morgan fingerprint density at radius 1 is 1.33 bits per heavy atom. The molecule has 0 saturated carbocycles. The average molecular weight is 252 g/mol. The third-order valence-electron chi connectivity index (χ3n) is 2.66. The number of hydrogen-bond acceptors (Lipinski definition) is 5. The van der Waals surface area contributed by atoms with Crippen molar-refractivity contribution in [3.05, 3.63) is 18.0 Å². The third-order valence-corrected chi connectivity index (χ3v) is 2.66. The Morgan fingerprint density at radius 3 is 2.50 bits per heavy atom. The van der Waals surface area contributed by atoms with Crippen LogP contribution in [0.5, 0.6) is 0 Å². The van der Waals surface area contributed by atoms with E-state index in [-0.39, 0.29) is 6.61 Å². The van der Waals surface area contributed by atoms with Crippen molar-refractivity contribution in [2.75, 3.05) is 24.6 Å². The molecule has 1 aromatic heterocycles. The molecule has 0 bridgehead atoms. The van der Waals surface area contributed by atoms with E-state index in [9.17, 15) is 0 Å². The van der Waals surface area contributed by atoms with Gasteiger partial charge in [-0.15, -0.1) is 0 Å². The molecule has 1 aromatic rings. The Morgan fingerprint density at radius 2 is 2.00 bits per heavy atom. The minimum absolute atomic E-state index is 0.201. The highest BCUT2D eigenvalue weighted by Crippen LogP contribution is 2.07. The van der Waals surface area contributed by atoms with E-state index >= 15 is 0 Å². The fourth-order valence-electron chi connectivity index (χ4n) is 1.59. The Labute approximate surface area is 109 Å². The molecule has 0 aliphatic heterocycles. The molecule has 5 heteroatoms. The zero-order chi connectivity index (χ0) is 13.4. The first-order valence-electron chi connectivity index (χ1n) is 6.57. The van der Waals surface area contributed by atoms with Crippen LogP contribution in [0.15, 0.2) is 12.4 Å². The summed E-state index contributed by atoms with van der Waals surface area (Å²) in [5.74, 6) is 0.735. The van der Waals surface area contributed by atoms with Gasteiger partial charge in [0.15, 0.2) is 0 Å². The second kappa shape index (κ2) is 8.00. The van der Waals surface area contributed by atoms with Crippen LogP contribution in [0.3, 0.4) is 0 Å². The normalized spacial score (nSPS) is 10.9. The zero-order valence-electron chi connectivity index (χ0n) is 11.6. The maximum atomic E-state index is 8.85. The summed E-state index contributed by atoms with van der Waals surface area (Å²) in [7, 11) is 0. The minimum atomic E-state index is 0.201. The van der Waals surface area contributed by atoms with E-state index < -0.39 is 0 Å². The summed E-state index contributed by atoms with van der Waals surface area (Å²) in [5, 5.41) is 12.2. The summed E-state index contributed by atoms with van der Waals surface area (Å²) in [6, 6.07) is 0.460. The van der Waals surface area contributed by atoms with Crippen LogP contribution >= 0.6 is 0 Å². The van der Waals surface area contributed by atoms with Crippen molar-refractivity contribution in [2.24, 2.45) is 0 Å². The molecule has 1 heterocycles. The molecule has 0 radical (unpaired) electrons. The van der Waals surface area contributed by atoms with Crippen LogP contribution in [0.2, 0.25) is 0 Å². The molecule has 0 amide bonds. The lowest BCUT2D eigenvalue weighted by molar-refractivity contribution is 0.289. The minimum Gasteiger partial charge on any atom is -0.396 e. The predicted octanol–water partition coefficient (Wildman–Crippen LogP) is 1.18. The second-order valence-electron chi connectivity index (χ2n) is 4.58. The van der Waals surface area contributed by atoms with Gasteiger partial charge in [-0.2, -0.15) is 0 Å². The smallest absolute Gasteiger partial charge is 0.225 e. The van der Waals surface area contributed by atoms with Crippen molar-refractivity contribution >= 4 is 5.95 Å². The first kappa shape index (κ1) is 14.9. The predicted molar refractivity (Wildman–Crippen MR) is 73.6 cm³/mol. The zero-order valence-corrected chi connectivity index (χ0v) is 11.6. The van der Waals surface area contributed by atoms with Crippen molar-refractivity contribution in [2.45, 2.75) is 39.8 Å². The summed E-state index contributed by atoms with van der Waals surface area (Å²) in [5.41, 5.74) is 1.09. The van der Waals surface area contributed by atoms with Gasteiger partial charge >= 0.3 is 0 Å². The Balaban J connectivity index is 2.57. The fraction of sp³-hybridized carbons (Fsp3) is 0.692. The summed E-state index contributed by atoms with van der Waals surface area (Å²) in [6.45, 7) is 8.93. The van der Waals surface area contributed by atoms with E-state index in [4.69, 9.17) is 5.11 Å².